The number of nitrogens with zero attached hydrogens (tertiary/aromatic N) is 1. The summed E-state index contributed by atoms with van der Waals surface area (Å²) in [5.74, 6) is 1.72. The third-order valence-electron chi connectivity index (χ3n) is 7.83. The number of benzene rings is 4. The van der Waals surface area contributed by atoms with Gasteiger partial charge < -0.3 is 4.74 Å². The van der Waals surface area contributed by atoms with Gasteiger partial charge in [0.1, 0.15) is 5.75 Å². The van der Waals surface area contributed by atoms with Crippen molar-refractivity contribution < 1.29 is 4.74 Å². The molecule has 0 aliphatic carbocycles. The summed E-state index contributed by atoms with van der Waals surface area (Å²) in [6.45, 7) is 4.99. The molecule has 0 N–H and O–H groups in total. The van der Waals surface area contributed by atoms with Gasteiger partial charge in [-0.25, -0.2) is 0 Å². The zero-order chi connectivity index (χ0) is 26.4. The smallest absolute Gasteiger partial charge is 0.119 e. The molecule has 3 unspecified atom stereocenters. The molecule has 196 valence electrons. The number of rotatable bonds is 9. The lowest BCUT2D eigenvalue weighted by molar-refractivity contribution is 0.0837. The van der Waals surface area contributed by atoms with Crippen LogP contribution in [0.3, 0.4) is 0 Å². The van der Waals surface area contributed by atoms with E-state index in [0.717, 1.165) is 30.3 Å². The van der Waals surface area contributed by atoms with Crippen molar-refractivity contribution in [3.63, 3.8) is 0 Å². The lowest BCUT2D eigenvalue weighted by Crippen LogP contribution is -2.53. The molecule has 0 bridgehead atoms. The molecule has 4 aromatic rings. The summed E-state index contributed by atoms with van der Waals surface area (Å²) in [6, 6.07) is 40.7. The van der Waals surface area contributed by atoms with Crippen molar-refractivity contribution >= 4 is 27.5 Å². The summed E-state index contributed by atoms with van der Waals surface area (Å²) in [6.07, 6.45) is 2.36. The number of piperidine rings is 1. The molecule has 4 heteroatoms. The Morgan fingerprint density at radius 3 is 1.82 bits per heavy atom. The summed E-state index contributed by atoms with van der Waals surface area (Å²) < 4.78 is 6.13. The second-order valence-corrected chi connectivity index (χ2v) is 11.8. The summed E-state index contributed by atoms with van der Waals surface area (Å²) >= 11 is 10.2. The molecule has 2 nitrogen and oxygen atoms in total. The van der Waals surface area contributed by atoms with Crippen LogP contribution in [0.2, 0.25) is 5.02 Å². The first-order chi connectivity index (χ1) is 18.6. The summed E-state index contributed by atoms with van der Waals surface area (Å²) in [5, 5.41) is 0.727. The van der Waals surface area contributed by atoms with Crippen molar-refractivity contribution in [3.8, 4) is 5.75 Å². The third-order valence-corrected chi connectivity index (χ3v) is 9.73. The van der Waals surface area contributed by atoms with Gasteiger partial charge >= 0.3 is 0 Å². The molecule has 5 rings (SSSR count). The molecule has 1 heterocycles. The zero-order valence-corrected chi connectivity index (χ0v) is 24.2. The number of hydrogen-bond donors (Lipinski definition) is 0. The number of likely N-dealkylation sites (tertiary alicyclic amines) is 1. The fraction of sp³-hybridized carbons (Fsp3) is 0.294. The van der Waals surface area contributed by atoms with E-state index in [0.29, 0.717) is 23.3 Å². The molecule has 4 aromatic carbocycles. The zero-order valence-electron chi connectivity index (χ0n) is 21.8. The van der Waals surface area contributed by atoms with Gasteiger partial charge in [-0.3, -0.25) is 4.90 Å². The quantitative estimate of drug-likeness (QED) is 0.143. The Morgan fingerprint density at radius 2 is 1.32 bits per heavy atom. The fourth-order valence-corrected chi connectivity index (χ4v) is 6.69. The van der Waals surface area contributed by atoms with Crippen molar-refractivity contribution in [2.75, 3.05) is 19.7 Å². The summed E-state index contributed by atoms with van der Waals surface area (Å²) in [7, 11) is 0. The average molecular weight is 589 g/mol. The van der Waals surface area contributed by atoms with E-state index in [4.69, 9.17) is 16.3 Å². The highest BCUT2D eigenvalue weighted by atomic mass is 79.9. The van der Waals surface area contributed by atoms with Gasteiger partial charge in [-0.15, -0.1) is 0 Å². The Labute approximate surface area is 240 Å². The van der Waals surface area contributed by atoms with Gasteiger partial charge in [0.2, 0.25) is 0 Å². The van der Waals surface area contributed by atoms with Gasteiger partial charge in [0.25, 0.3) is 0 Å². The largest absolute Gasteiger partial charge is 0.493 e. The number of halogens is 2. The fourth-order valence-electron chi connectivity index (χ4n) is 5.98. The number of hydrogen-bond acceptors (Lipinski definition) is 2. The first-order valence-corrected chi connectivity index (χ1v) is 14.8. The topological polar surface area (TPSA) is 12.5 Å². The van der Waals surface area contributed by atoms with Crippen LogP contribution in [0.1, 0.15) is 36.5 Å². The Morgan fingerprint density at radius 1 is 0.816 bits per heavy atom. The van der Waals surface area contributed by atoms with Gasteiger partial charge in [0.05, 0.1) is 12.1 Å². The van der Waals surface area contributed by atoms with Crippen LogP contribution >= 0.6 is 27.5 Å². The van der Waals surface area contributed by atoms with Gasteiger partial charge in [-0.1, -0.05) is 125 Å². The average Bonchev–Trinajstić information content (AvgIpc) is 2.98. The molecule has 1 aliphatic heterocycles. The molecule has 3 atom stereocenters. The van der Waals surface area contributed by atoms with Crippen LogP contribution in [0.15, 0.2) is 115 Å². The van der Waals surface area contributed by atoms with E-state index in [2.05, 4.69) is 119 Å². The van der Waals surface area contributed by atoms with Gasteiger partial charge in [0, 0.05) is 22.3 Å². The SMILES string of the molecule is CC(COc1ccc(Cl)cc1)C(Br)C1CCCN(C(c2ccccc2)(c2ccccc2)c2ccccc2)C1. The highest BCUT2D eigenvalue weighted by Crippen LogP contribution is 2.45. The Hall–Kier alpha value is -2.59. The molecule has 1 saturated heterocycles. The monoisotopic (exact) mass is 587 g/mol. The minimum Gasteiger partial charge on any atom is -0.493 e. The van der Waals surface area contributed by atoms with E-state index in [1.807, 2.05) is 24.3 Å². The highest BCUT2D eigenvalue weighted by molar-refractivity contribution is 9.09. The van der Waals surface area contributed by atoms with E-state index in [-0.39, 0.29) is 5.54 Å². The van der Waals surface area contributed by atoms with Crippen LogP contribution in [-0.2, 0) is 5.54 Å². The van der Waals surface area contributed by atoms with Gasteiger partial charge in [0.15, 0.2) is 0 Å². The van der Waals surface area contributed by atoms with Crippen molar-refractivity contribution in [3.05, 3.63) is 137 Å². The molecule has 0 amide bonds. The molecular formula is C34H35BrClNO. The molecule has 0 radical (unpaired) electrons. The molecule has 1 fully saturated rings. The lowest BCUT2D eigenvalue weighted by Gasteiger charge is -2.50. The first kappa shape index (κ1) is 27.0. The van der Waals surface area contributed by atoms with Crippen LogP contribution in [0, 0.1) is 11.8 Å². The van der Waals surface area contributed by atoms with Crippen molar-refractivity contribution in [2.24, 2.45) is 11.8 Å². The maximum atomic E-state index is 6.13. The van der Waals surface area contributed by atoms with Crippen molar-refractivity contribution in [2.45, 2.75) is 30.1 Å². The van der Waals surface area contributed by atoms with Crippen LogP contribution in [0.25, 0.3) is 0 Å². The molecular weight excluding hydrogens is 554 g/mol. The van der Waals surface area contributed by atoms with Gasteiger partial charge in [-0.2, -0.15) is 0 Å². The predicted octanol–water partition coefficient (Wildman–Crippen LogP) is 8.82. The first-order valence-electron chi connectivity index (χ1n) is 13.5. The maximum Gasteiger partial charge on any atom is 0.119 e. The van der Waals surface area contributed by atoms with Crippen LogP contribution in [-0.4, -0.2) is 29.4 Å². The number of alkyl halides is 1. The lowest BCUT2D eigenvalue weighted by atomic mass is 9.73. The maximum absolute atomic E-state index is 6.13. The molecule has 1 aliphatic rings. The molecule has 0 spiro atoms. The van der Waals surface area contributed by atoms with Crippen LogP contribution in [0.5, 0.6) is 5.75 Å². The Balaban J connectivity index is 1.45. The van der Waals surface area contributed by atoms with E-state index >= 15 is 0 Å². The van der Waals surface area contributed by atoms with E-state index in [1.54, 1.807) is 0 Å². The molecule has 0 aromatic heterocycles. The summed E-state index contributed by atoms with van der Waals surface area (Å²) in [4.78, 5) is 3.07. The van der Waals surface area contributed by atoms with E-state index in [9.17, 15) is 0 Å². The van der Waals surface area contributed by atoms with Crippen LogP contribution < -0.4 is 4.74 Å². The highest BCUT2D eigenvalue weighted by Gasteiger charge is 2.44. The minimum absolute atomic E-state index is 0.345. The summed E-state index contributed by atoms with van der Waals surface area (Å²) in [5.41, 5.74) is 3.56. The Bertz CT molecular complexity index is 1170. The second kappa shape index (κ2) is 12.5. The van der Waals surface area contributed by atoms with E-state index < -0.39 is 0 Å². The third kappa shape index (κ3) is 5.71. The minimum atomic E-state index is -0.363. The number of ether oxygens (including phenoxy) is 1. The van der Waals surface area contributed by atoms with Crippen molar-refractivity contribution in [1.29, 1.82) is 0 Å². The predicted molar refractivity (Wildman–Crippen MR) is 162 cm³/mol. The van der Waals surface area contributed by atoms with E-state index in [1.165, 1.54) is 23.1 Å². The molecule has 38 heavy (non-hydrogen) atoms. The molecule has 0 saturated carbocycles. The van der Waals surface area contributed by atoms with Crippen LogP contribution in [0.4, 0.5) is 0 Å². The Kier molecular flexibility index (Phi) is 8.89. The van der Waals surface area contributed by atoms with Gasteiger partial charge in [-0.05, 0) is 66.3 Å². The second-order valence-electron chi connectivity index (χ2n) is 10.3. The van der Waals surface area contributed by atoms with Crippen molar-refractivity contribution in [1.82, 2.24) is 4.90 Å². The standard InChI is InChI=1S/C34H35BrClNO/c1-26(25-38-32-21-19-31(36)20-22-32)33(35)27-12-11-23-37(24-27)34(28-13-5-2-6-14-28,29-15-7-3-8-16-29)30-17-9-4-10-18-30/h2-10,13-22,26-27,33H,11-12,23-25H2,1H3. The normalized spacial score (nSPS) is 18.0.